The summed E-state index contributed by atoms with van der Waals surface area (Å²) in [5.74, 6) is 0.298. The Hall–Kier alpha value is -1.98. The number of aliphatic hydroxyl groups is 1. The molecule has 2 aromatic carbocycles. The van der Waals surface area contributed by atoms with E-state index >= 15 is 0 Å². The summed E-state index contributed by atoms with van der Waals surface area (Å²) in [5, 5.41) is 9.05. The molecular weight excluding hydrogens is 289 g/mol. The molecule has 110 valence electrons. The van der Waals surface area contributed by atoms with Crippen LogP contribution in [0.5, 0.6) is 5.75 Å². The fourth-order valence-corrected chi connectivity index (χ4v) is 2.22. The van der Waals surface area contributed by atoms with Crippen molar-refractivity contribution in [2.75, 3.05) is 6.61 Å². The number of hydrogen-bond donors (Lipinski definition) is 2. The first-order valence-electron chi connectivity index (χ1n) is 6.51. The average Bonchev–Trinajstić information content (AvgIpc) is 2.47. The van der Waals surface area contributed by atoms with E-state index in [9.17, 15) is 4.39 Å². The Balaban J connectivity index is 2.19. The van der Waals surface area contributed by atoms with Crippen LogP contribution in [0.2, 0.25) is 0 Å². The van der Waals surface area contributed by atoms with Crippen molar-refractivity contribution in [3.8, 4) is 5.75 Å². The highest BCUT2D eigenvalue weighted by atomic mass is 32.1. The second-order valence-electron chi connectivity index (χ2n) is 4.54. The molecule has 0 amide bonds. The second-order valence-corrected chi connectivity index (χ2v) is 4.98. The van der Waals surface area contributed by atoms with Gasteiger partial charge >= 0.3 is 0 Å². The highest BCUT2D eigenvalue weighted by molar-refractivity contribution is 7.80. The van der Waals surface area contributed by atoms with Crippen molar-refractivity contribution < 1.29 is 14.2 Å². The van der Waals surface area contributed by atoms with E-state index in [1.54, 1.807) is 6.07 Å². The number of aliphatic hydroxyl groups excluding tert-OH is 1. The van der Waals surface area contributed by atoms with Gasteiger partial charge in [-0.1, -0.05) is 36.5 Å². The minimum absolute atomic E-state index is 0.0507. The number of benzene rings is 2. The second kappa shape index (κ2) is 7.15. The van der Waals surface area contributed by atoms with E-state index in [0.29, 0.717) is 17.7 Å². The number of rotatable bonds is 6. The first-order chi connectivity index (χ1) is 10.1. The third-order valence-corrected chi connectivity index (χ3v) is 3.29. The molecule has 5 heteroatoms. The van der Waals surface area contributed by atoms with E-state index in [4.69, 9.17) is 27.8 Å². The molecule has 0 aliphatic heterocycles. The topological polar surface area (TPSA) is 55.5 Å². The van der Waals surface area contributed by atoms with Crippen LogP contribution in [0.3, 0.4) is 0 Å². The van der Waals surface area contributed by atoms with Crippen LogP contribution in [-0.4, -0.2) is 16.7 Å². The number of ether oxygens (including phenoxy) is 1. The van der Waals surface area contributed by atoms with Gasteiger partial charge in [0, 0.05) is 12.2 Å². The van der Waals surface area contributed by atoms with Gasteiger partial charge in [-0.25, -0.2) is 4.39 Å². The molecule has 0 atom stereocenters. The van der Waals surface area contributed by atoms with Crippen molar-refractivity contribution in [1.29, 1.82) is 0 Å². The van der Waals surface area contributed by atoms with Crippen molar-refractivity contribution in [3.63, 3.8) is 0 Å². The molecule has 0 saturated heterocycles. The number of thiocarbonyl (C=S) groups is 1. The van der Waals surface area contributed by atoms with Crippen molar-refractivity contribution >= 4 is 17.2 Å². The number of halogens is 1. The Bertz CT molecular complexity index is 646. The zero-order chi connectivity index (χ0) is 15.2. The van der Waals surface area contributed by atoms with Gasteiger partial charge in [-0.05, 0) is 35.7 Å². The zero-order valence-electron chi connectivity index (χ0n) is 11.4. The van der Waals surface area contributed by atoms with E-state index in [1.807, 2.05) is 24.3 Å². The average molecular weight is 305 g/mol. The molecule has 21 heavy (non-hydrogen) atoms. The third kappa shape index (κ3) is 4.00. The van der Waals surface area contributed by atoms with Crippen molar-refractivity contribution in [1.82, 2.24) is 0 Å². The lowest BCUT2D eigenvalue weighted by molar-refractivity contribution is 0.284. The summed E-state index contributed by atoms with van der Waals surface area (Å²) in [5.41, 5.74) is 7.72. The minimum Gasteiger partial charge on any atom is -0.489 e. The van der Waals surface area contributed by atoms with Gasteiger partial charge < -0.3 is 15.6 Å². The molecule has 0 radical (unpaired) electrons. The maximum Gasteiger partial charge on any atom is 0.123 e. The van der Waals surface area contributed by atoms with Crippen LogP contribution in [0.15, 0.2) is 42.5 Å². The van der Waals surface area contributed by atoms with Crippen LogP contribution in [0.1, 0.15) is 16.7 Å². The van der Waals surface area contributed by atoms with Crippen LogP contribution in [0.4, 0.5) is 4.39 Å². The smallest absolute Gasteiger partial charge is 0.123 e. The molecule has 0 aromatic heterocycles. The predicted molar refractivity (Wildman–Crippen MR) is 83.9 cm³/mol. The van der Waals surface area contributed by atoms with Gasteiger partial charge in [-0.2, -0.15) is 0 Å². The highest BCUT2D eigenvalue weighted by Gasteiger charge is 2.09. The Morgan fingerprint density at radius 2 is 1.95 bits per heavy atom. The molecule has 0 bridgehead atoms. The van der Waals surface area contributed by atoms with Crippen LogP contribution in [0.25, 0.3) is 0 Å². The lowest BCUT2D eigenvalue weighted by atomic mass is 10.1. The summed E-state index contributed by atoms with van der Waals surface area (Å²) in [7, 11) is 0. The van der Waals surface area contributed by atoms with Gasteiger partial charge in [0.25, 0.3) is 0 Å². The first kappa shape index (κ1) is 15.4. The van der Waals surface area contributed by atoms with Crippen molar-refractivity contribution in [3.05, 3.63) is 65.0 Å². The van der Waals surface area contributed by atoms with Gasteiger partial charge in [-0.3, -0.25) is 0 Å². The third-order valence-electron chi connectivity index (χ3n) is 3.07. The molecule has 0 spiro atoms. The quantitative estimate of drug-likeness (QED) is 0.805. The maximum absolute atomic E-state index is 13.3. The molecule has 2 rings (SSSR count). The van der Waals surface area contributed by atoms with Gasteiger partial charge in [0.15, 0.2) is 0 Å². The standard InChI is InChI=1S/C16H16FNO2S/c17-13-6-5-12(14(9-13)16(18)21)10-20-15-4-2-1-3-11(15)7-8-19/h1-6,9,19H,7-8,10H2,(H2,18,21). The maximum atomic E-state index is 13.3. The molecule has 2 aromatic rings. The van der Waals surface area contributed by atoms with Gasteiger partial charge in [0.05, 0.1) is 0 Å². The Morgan fingerprint density at radius 3 is 2.67 bits per heavy atom. The molecule has 3 nitrogen and oxygen atoms in total. The minimum atomic E-state index is -0.387. The lowest BCUT2D eigenvalue weighted by Gasteiger charge is -2.13. The van der Waals surface area contributed by atoms with Crippen LogP contribution in [0, 0.1) is 5.82 Å². The normalized spacial score (nSPS) is 10.4. The zero-order valence-corrected chi connectivity index (χ0v) is 12.2. The molecule has 0 fully saturated rings. The van der Waals surface area contributed by atoms with Crippen LogP contribution < -0.4 is 10.5 Å². The fraction of sp³-hybridized carbons (Fsp3) is 0.188. The highest BCUT2D eigenvalue weighted by Crippen LogP contribution is 2.21. The molecule has 0 saturated carbocycles. The van der Waals surface area contributed by atoms with Gasteiger partial charge in [-0.15, -0.1) is 0 Å². The SMILES string of the molecule is NC(=S)c1cc(F)ccc1COc1ccccc1CCO. The van der Waals surface area contributed by atoms with E-state index < -0.39 is 0 Å². The number of hydrogen-bond acceptors (Lipinski definition) is 3. The van der Waals surface area contributed by atoms with E-state index in [2.05, 4.69) is 0 Å². The summed E-state index contributed by atoms with van der Waals surface area (Å²) in [6.45, 7) is 0.282. The largest absolute Gasteiger partial charge is 0.489 e. The van der Waals surface area contributed by atoms with Crippen molar-refractivity contribution in [2.45, 2.75) is 13.0 Å². The van der Waals surface area contributed by atoms with E-state index in [-0.39, 0.29) is 24.0 Å². The van der Waals surface area contributed by atoms with Crippen molar-refractivity contribution in [2.24, 2.45) is 5.73 Å². The molecule has 0 aliphatic rings. The summed E-state index contributed by atoms with van der Waals surface area (Å²) in [6, 6.07) is 11.7. The van der Waals surface area contributed by atoms with Crippen LogP contribution in [-0.2, 0) is 13.0 Å². The monoisotopic (exact) mass is 305 g/mol. The summed E-state index contributed by atoms with van der Waals surface area (Å²) < 4.78 is 19.0. The number of para-hydroxylation sites is 1. The molecular formula is C16H16FNO2S. The van der Waals surface area contributed by atoms with E-state index in [0.717, 1.165) is 11.1 Å². The number of nitrogens with two attached hydrogens (primary N) is 1. The fourth-order valence-electron chi connectivity index (χ4n) is 2.03. The molecule has 3 N–H and O–H groups in total. The Labute approximate surface area is 128 Å². The van der Waals surface area contributed by atoms with Crippen LogP contribution >= 0.6 is 12.2 Å². The summed E-state index contributed by atoms with van der Waals surface area (Å²) in [4.78, 5) is 0.136. The molecule has 0 heterocycles. The van der Waals surface area contributed by atoms with Gasteiger partial charge in [0.2, 0.25) is 0 Å². The van der Waals surface area contributed by atoms with Gasteiger partial charge in [0.1, 0.15) is 23.2 Å². The predicted octanol–water partition coefficient (Wildman–Crippen LogP) is 2.57. The summed E-state index contributed by atoms with van der Waals surface area (Å²) >= 11 is 4.93. The first-order valence-corrected chi connectivity index (χ1v) is 6.92. The Morgan fingerprint density at radius 1 is 1.19 bits per heavy atom. The Kier molecular flexibility index (Phi) is 5.25. The molecule has 0 aliphatic carbocycles. The van der Waals surface area contributed by atoms with E-state index in [1.165, 1.54) is 12.1 Å². The lowest BCUT2D eigenvalue weighted by Crippen LogP contribution is -2.14. The molecule has 0 unspecified atom stereocenters. The summed E-state index contributed by atoms with van der Waals surface area (Å²) in [6.07, 6.45) is 0.516.